The minimum absolute atomic E-state index is 0. The second-order valence-electron chi connectivity index (χ2n) is 3.49. The van der Waals surface area contributed by atoms with Crippen LogP contribution in [0.25, 0.3) is 11.1 Å². The van der Waals surface area contributed by atoms with Crippen molar-refractivity contribution in [3.63, 3.8) is 0 Å². The van der Waals surface area contributed by atoms with Gasteiger partial charge in [-0.25, -0.2) is 0 Å². The average molecular weight is 377 g/mol. The van der Waals surface area contributed by atoms with E-state index in [1.54, 1.807) is 0 Å². The topological polar surface area (TPSA) is 0 Å². The van der Waals surface area contributed by atoms with Gasteiger partial charge in [-0.1, -0.05) is 48.5 Å². The summed E-state index contributed by atoms with van der Waals surface area (Å²) < 4.78 is 0. The van der Waals surface area contributed by atoms with Gasteiger partial charge in [-0.15, -0.1) is 0 Å². The summed E-state index contributed by atoms with van der Waals surface area (Å²) in [6.45, 7) is 0. The maximum atomic E-state index is 2.22. The van der Waals surface area contributed by atoms with Crippen molar-refractivity contribution >= 4 is 26.6 Å². The van der Waals surface area contributed by atoms with Crippen molar-refractivity contribution in [3.8, 4) is 11.1 Å². The molecule has 1 heteroatoms. The number of hydrogen-bond acceptors (Lipinski definition) is 0. The van der Waals surface area contributed by atoms with Gasteiger partial charge in [-0.05, 0) is 28.7 Å². The maximum Gasteiger partial charge on any atom is -0.00135 e. The molecule has 3 rings (SSSR count). The van der Waals surface area contributed by atoms with E-state index in [9.17, 15) is 0 Å². The van der Waals surface area contributed by atoms with E-state index in [4.69, 9.17) is 0 Å². The van der Waals surface area contributed by atoms with Crippen molar-refractivity contribution in [2.24, 2.45) is 0 Å². The van der Waals surface area contributed by atoms with Crippen LogP contribution in [0.5, 0.6) is 0 Å². The third-order valence-electron chi connectivity index (χ3n) is 2.71. The van der Waals surface area contributed by atoms with E-state index >= 15 is 0 Å². The van der Waals surface area contributed by atoms with Crippen molar-refractivity contribution in [2.45, 2.75) is 6.42 Å². The Bertz CT molecular complexity index is 417. The molecule has 70 valence electrons. The molecule has 0 atom stereocenters. The zero-order valence-electron chi connectivity index (χ0n) is 7.83. The summed E-state index contributed by atoms with van der Waals surface area (Å²) in [5, 5.41) is 0. The fraction of sp³-hybridized carbons (Fsp3) is 0.0769. The summed E-state index contributed by atoms with van der Waals surface area (Å²) in [5.74, 6) is 0. The van der Waals surface area contributed by atoms with E-state index in [0.29, 0.717) is 0 Å². The van der Waals surface area contributed by atoms with Crippen LogP contribution in [-0.4, -0.2) is 26.6 Å². The first-order valence-electron chi connectivity index (χ1n) is 4.61. The van der Waals surface area contributed by atoms with E-state index in [1.165, 1.54) is 22.3 Å². The molecule has 0 amide bonds. The normalized spacial score (nSPS) is 11.4. The van der Waals surface area contributed by atoms with Crippen LogP contribution in [0.2, 0.25) is 0 Å². The molecule has 1 aliphatic carbocycles. The first-order valence-corrected chi connectivity index (χ1v) is 4.61. The molecule has 1 aliphatic rings. The molecular weight excluding hydrogens is 365 g/mol. The van der Waals surface area contributed by atoms with Gasteiger partial charge in [0, 0.05) is 0 Å². The second-order valence-corrected chi connectivity index (χ2v) is 3.49. The molecule has 0 nitrogen and oxygen atoms in total. The van der Waals surface area contributed by atoms with Crippen LogP contribution in [0, 0.1) is 0 Å². The van der Waals surface area contributed by atoms with Crippen molar-refractivity contribution in [1.29, 1.82) is 0 Å². The van der Waals surface area contributed by atoms with Crippen LogP contribution >= 0.6 is 0 Å². The second kappa shape index (κ2) is 3.83. The van der Waals surface area contributed by atoms with Gasteiger partial charge in [0.1, 0.15) is 0 Å². The molecule has 0 bridgehead atoms. The third-order valence-corrected chi connectivity index (χ3v) is 2.71. The van der Waals surface area contributed by atoms with Crippen LogP contribution in [0.1, 0.15) is 11.1 Å². The largest absolute Gasteiger partial charge is 0.0619 e. The summed E-state index contributed by atoms with van der Waals surface area (Å²) in [5.41, 5.74) is 5.75. The molecule has 14 heavy (non-hydrogen) atoms. The number of fused-ring (bicyclic) bond motifs is 3. The molecule has 0 heterocycles. The van der Waals surface area contributed by atoms with Crippen molar-refractivity contribution in [2.75, 3.05) is 0 Å². The quantitative estimate of drug-likeness (QED) is 0.564. The van der Waals surface area contributed by atoms with Crippen LogP contribution in [0.4, 0.5) is 0 Å². The first kappa shape index (κ1) is 9.87. The molecule has 0 saturated heterocycles. The van der Waals surface area contributed by atoms with E-state index < -0.39 is 0 Å². The fourth-order valence-corrected chi connectivity index (χ4v) is 2.08. The predicted molar refractivity (Wildman–Crippen MR) is 63.2 cm³/mol. The van der Waals surface area contributed by atoms with Gasteiger partial charge in [0.05, 0.1) is 0 Å². The van der Waals surface area contributed by atoms with Gasteiger partial charge in [-0.3, -0.25) is 0 Å². The Labute approximate surface area is 103 Å². The van der Waals surface area contributed by atoms with Gasteiger partial charge in [0.15, 0.2) is 0 Å². The van der Waals surface area contributed by atoms with Gasteiger partial charge in [-0.2, -0.15) is 0 Å². The summed E-state index contributed by atoms with van der Waals surface area (Å²) in [6.07, 6.45) is 1.10. The van der Waals surface area contributed by atoms with Crippen LogP contribution < -0.4 is 0 Å². The average Bonchev–Trinajstić information content (AvgIpc) is 2.56. The molecule has 2 aromatic rings. The Hall–Kier alpha value is -0.664. The molecule has 0 fully saturated rings. The number of hydrogen-bond donors (Lipinski definition) is 0. The summed E-state index contributed by atoms with van der Waals surface area (Å²) >= 11 is 0. The molecule has 2 aromatic carbocycles. The van der Waals surface area contributed by atoms with E-state index in [0.717, 1.165) is 6.42 Å². The van der Waals surface area contributed by atoms with E-state index in [-0.39, 0.29) is 26.6 Å². The van der Waals surface area contributed by atoms with E-state index in [2.05, 4.69) is 48.5 Å². The Balaban J connectivity index is 0.000000750. The number of benzene rings is 2. The molecule has 0 N–H and O–H groups in total. The number of rotatable bonds is 0. The Morgan fingerprint density at radius 1 is 0.643 bits per heavy atom. The third kappa shape index (κ3) is 1.41. The van der Waals surface area contributed by atoms with Gasteiger partial charge in [0.2, 0.25) is 0 Å². The zero-order valence-corrected chi connectivity index (χ0v) is 11.7. The molecular formula is C13H12Po. The minimum Gasteiger partial charge on any atom is -0.0619 e. The molecule has 0 aromatic heterocycles. The Kier molecular flexibility index (Phi) is 2.70. The Morgan fingerprint density at radius 2 is 1.07 bits per heavy atom. The monoisotopic (exact) mass is 377 g/mol. The smallest absolute Gasteiger partial charge is 0.00135 e. The van der Waals surface area contributed by atoms with Gasteiger partial charge >= 0.3 is 26.6 Å². The van der Waals surface area contributed by atoms with Crippen LogP contribution in [-0.2, 0) is 6.42 Å². The maximum absolute atomic E-state index is 2.22. The summed E-state index contributed by atoms with van der Waals surface area (Å²) in [4.78, 5) is 0. The van der Waals surface area contributed by atoms with Gasteiger partial charge < -0.3 is 0 Å². The molecule has 0 spiro atoms. The van der Waals surface area contributed by atoms with Crippen LogP contribution in [0.3, 0.4) is 0 Å². The molecule has 0 unspecified atom stereocenters. The van der Waals surface area contributed by atoms with Crippen molar-refractivity contribution in [1.82, 2.24) is 0 Å². The van der Waals surface area contributed by atoms with E-state index in [1.807, 2.05) is 0 Å². The van der Waals surface area contributed by atoms with Crippen molar-refractivity contribution in [3.05, 3.63) is 59.7 Å². The molecule has 0 radical (unpaired) electrons. The Morgan fingerprint density at radius 3 is 1.57 bits per heavy atom. The first-order chi connectivity index (χ1) is 6.45. The van der Waals surface area contributed by atoms with Crippen LogP contribution in [0.15, 0.2) is 48.5 Å². The minimum atomic E-state index is 0. The predicted octanol–water partition coefficient (Wildman–Crippen LogP) is 2.34. The zero-order chi connectivity index (χ0) is 8.67. The SMILES string of the molecule is [PoH2].c1ccc2c(c1)Cc1ccccc1-2. The molecule has 0 aliphatic heterocycles. The summed E-state index contributed by atoms with van der Waals surface area (Å²) in [7, 11) is 0. The standard InChI is InChI=1S/C13H10.Po.2H/c1-3-7-12-10(5-1)9-11-6-2-4-8-13(11)12;;;/h1-8H,9H2;;;. The summed E-state index contributed by atoms with van der Waals surface area (Å²) in [6, 6.07) is 17.3. The molecule has 0 saturated carbocycles. The van der Waals surface area contributed by atoms with Gasteiger partial charge in [0.25, 0.3) is 0 Å². The van der Waals surface area contributed by atoms with Crippen molar-refractivity contribution < 1.29 is 0 Å². The fourth-order valence-electron chi connectivity index (χ4n) is 2.08.